The molecule has 2 nitrogen and oxygen atoms in total. The van der Waals surface area contributed by atoms with Crippen molar-refractivity contribution in [2.45, 2.75) is 19.1 Å². The van der Waals surface area contributed by atoms with Crippen LogP contribution in [-0.2, 0) is 17.7 Å². The molecule has 3 heteroatoms. The summed E-state index contributed by atoms with van der Waals surface area (Å²) in [5, 5.41) is 0. The molecule has 0 amide bonds. The van der Waals surface area contributed by atoms with Gasteiger partial charge in [-0.3, -0.25) is 4.90 Å². The molecule has 0 N–H and O–H groups in total. The van der Waals surface area contributed by atoms with Gasteiger partial charge in [0.05, 0.1) is 12.7 Å². The second-order valence-electron chi connectivity index (χ2n) is 5.55. The molecule has 0 saturated carbocycles. The molecular formula is C18H20FNO. The monoisotopic (exact) mass is 285 g/mol. The predicted molar refractivity (Wildman–Crippen MR) is 81.6 cm³/mol. The first-order chi connectivity index (χ1) is 10.3. The summed E-state index contributed by atoms with van der Waals surface area (Å²) in [6.45, 7) is 3.54. The zero-order valence-corrected chi connectivity index (χ0v) is 12.0. The van der Waals surface area contributed by atoms with Crippen molar-refractivity contribution in [3.8, 4) is 0 Å². The van der Waals surface area contributed by atoms with Gasteiger partial charge < -0.3 is 4.74 Å². The van der Waals surface area contributed by atoms with E-state index in [4.69, 9.17) is 4.74 Å². The van der Waals surface area contributed by atoms with Crippen molar-refractivity contribution < 1.29 is 9.13 Å². The Hall–Kier alpha value is -1.71. The van der Waals surface area contributed by atoms with Crippen molar-refractivity contribution >= 4 is 0 Å². The average Bonchev–Trinajstić information content (AvgIpc) is 2.49. The maximum absolute atomic E-state index is 13.2. The third-order valence-corrected chi connectivity index (χ3v) is 3.82. The van der Waals surface area contributed by atoms with Gasteiger partial charge in [0.2, 0.25) is 0 Å². The summed E-state index contributed by atoms with van der Waals surface area (Å²) in [4.78, 5) is 2.41. The molecule has 0 radical (unpaired) electrons. The van der Waals surface area contributed by atoms with Gasteiger partial charge in [0.25, 0.3) is 0 Å². The molecule has 3 rings (SSSR count). The Morgan fingerprint density at radius 3 is 2.67 bits per heavy atom. The Kier molecular flexibility index (Phi) is 4.63. The molecule has 1 aliphatic rings. The molecule has 2 aromatic rings. The van der Waals surface area contributed by atoms with Crippen LogP contribution in [-0.4, -0.2) is 30.7 Å². The highest BCUT2D eigenvalue weighted by Gasteiger charge is 2.20. The van der Waals surface area contributed by atoms with E-state index >= 15 is 0 Å². The van der Waals surface area contributed by atoms with Crippen molar-refractivity contribution in [3.63, 3.8) is 0 Å². The van der Waals surface area contributed by atoms with Gasteiger partial charge in [-0.2, -0.15) is 0 Å². The van der Waals surface area contributed by atoms with Crippen LogP contribution in [0.2, 0.25) is 0 Å². The van der Waals surface area contributed by atoms with Crippen LogP contribution in [0.15, 0.2) is 54.6 Å². The summed E-state index contributed by atoms with van der Waals surface area (Å²) in [5.41, 5.74) is 2.32. The molecule has 2 aromatic carbocycles. The highest BCUT2D eigenvalue weighted by molar-refractivity contribution is 5.18. The molecule has 1 heterocycles. The lowest BCUT2D eigenvalue weighted by molar-refractivity contribution is -0.0305. The van der Waals surface area contributed by atoms with Crippen molar-refractivity contribution in [3.05, 3.63) is 71.5 Å². The Labute approximate surface area is 125 Å². The number of morpholine rings is 1. The molecule has 1 aliphatic heterocycles. The van der Waals surface area contributed by atoms with Crippen LogP contribution in [0.4, 0.5) is 4.39 Å². The van der Waals surface area contributed by atoms with E-state index in [0.29, 0.717) is 0 Å². The summed E-state index contributed by atoms with van der Waals surface area (Å²) in [7, 11) is 0. The van der Waals surface area contributed by atoms with E-state index in [1.165, 1.54) is 11.6 Å². The second-order valence-corrected chi connectivity index (χ2v) is 5.55. The number of rotatable bonds is 4. The van der Waals surface area contributed by atoms with Crippen molar-refractivity contribution in [1.82, 2.24) is 4.90 Å². The third-order valence-electron chi connectivity index (χ3n) is 3.82. The fourth-order valence-corrected chi connectivity index (χ4v) is 2.82. The summed E-state index contributed by atoms with van der Waals surface area (Å²) in [6.07, 6.45) is 0.910. The summed E-state index contributed by atoms with van der Waals surface area (Å²) in [6, 6.07) is 17.3. The average molecular weight is 285 g/mol. The number of nitrogens with zero attached hydrogens (tertiary/aromatic N) is 1. The predicted octanol–water partition coefficient (Wildman–Crippen LogP) is 3.27. The molecule has 0 aromatic heterocycles. The normalized spacial score (nSPS) is 19.6. The van der Waals surface area contributed by atoms with Gasteiger partial charge in [-0.1, -0.05) is 42.5 Å². The third kappa shape index (κ3) is 4.13. The molecule has 1 unspecified atom stereocenters. The van der Waals surface area contributed by atoms with E-state index in [1.54, 1.807) is 12.1 Å². The topological polar surface area (TPSA) is 12.5 Å². The SMILES string of the molecule is Fc1cccc(CC2CN(Cc3ccccc3)CCO2)c1. The van der Waals surface area contributed by atoms with Crippen molar-refractivity contribution in [2.24, 2.45) is 0 Å². The molecule has 0 spiro atoms. The molecule has 1 atom stereocenters. The highest BCUT2D eigenvalue weighted by Crippen LogP contribution is 2.15. The summed E-state index contributed by atoms with van der Waals surface area (Å²) in [5.74, 6) is -0.176. The maximum atomic E-state index is 13.2. The van der Waals surface area contributed by atoms with Crippen LogP contribution < -0.4 is 0 Å². The van der Waals surface area contributed by atoms with Gasteiger partial charge in [0.1, 0.15) is 5.82 Å². The molecule has 0 aliphatic carbocycles. The summed E-state index contributed by atoms with van der Waals surface area (Å²) >= 11 is 0. The standard InChI is InChI=1S/C18H20FNO/c19-17-8-4-7-16(11-17)12-18-14-20(9-10-21-18)13-15-5-2-1-3-6-15/h1-8,11,18H,9-10,12-14H2. The lowest BCUT2D eigenvalue weighted by Gasteiger charge is -2.33. The largest absolute Gasteiger partial charge is 0.375 e. The van der Waals surface area contributed by atoms with Crippen LogP contribution >= 0.6 is 0 Å². The Bertz CT molecular complexity index is 572. The number of hydrogen-bond acceptors (Lipinski definition) is 2. The van der Waals surface area contributed by atoms with Gasteiger partial charge in [0, 0.05) is 19.6 Å². The highest BCUT2D eigenvalue weighted by atomic mass is 19.1. The minimum atomic E-state index is -0.176. The van der Waals surface area contributed by atoms with E-state index in [9.17, 15) is 4.39 Å². The van der Waals surface area contributed by atoms with E-state index in [1.807, 2.05) is 12.1 Å². The number of ether oxygens (including phenoxy) is 1. The first-order valence-electron chi connectivity index (χ1n) is 7.42. The van der Waals surface area contributed by atoms with Gasteiger partial charge in [-0.05, 0) is 29.7 Å². The van der Waals surface area contributed by atoms with Crippen LogP contribution in [0.5, 0.6) is 0 Å². The second kappa shape index (κ2) is 6.83. The molecule has 0 bridgehead atoms. The zero-order chi connectivity index (χ0) is 14.5. The van der Waals surface area contributed by atoms with Crippen LogP contribution in [0.1, 0.15) is 11.1 Å². The van der Waals surface area contributed by atoms with Crippen LogP contribution in [0, 0.1) is 5.82 Å². The van der Waals surface area contributed by atoms with Crippen molar-refractivity contribution in [1.29, 1.82) is 0 Å². The molecule has 21 heavy (non-hydrogen) atoms. The number of halogens is 1. The lowest BCUT2D eigenvalue weighted by Crippen LogP contribution is -2.42. The van der Waals surface area contributed by atoms with E-state index in [2.05, 4.69) is 29.2 Å². The minimum absolute atomic E-state index is 0.143. The fourth-order valence-electron chi connectivity index (χ4n) is 2.82. The zero-order valence-electron chi connectivity index (χ0n) is 12.0. The van der Waals surface area contributed by atoms with Crippen LogP contribution in [0.25, 0.3) is 0 Å². The number of benzene rings is 2. The minimum Gasteiger partial charge on any atom is -0.375 e. The first-order valence-corrected chi connectivity index (χ1v) is 7.42. The van der Waals surface area contributed by atoms with Gasteiger partial charge in [-0.25, -0.2) is 4.39 Å². The quantitative estimate of drug-likeness (QED) is 0.855. The Morgan fingerprint density at radius 1 is 1.05 bits per heavy atom. The molecule has 1 saturated heterocycles. The fraction of sp³-hybridized carbons (Fsp3) is 0.333. The van der Waals surface area contributed by atoms with Gasteiger partial charge >= 0.3 is 0 Å². The van der Waals surface area contributed by atoms with Crippen LogP contribution in [0.3, 0.4) is 0 Å². The maximum Gasteiger partial charge on any atom is 0.123 e. The Balaban J connectivity index is 1.58. The van der Waals surface area contributed by atoms with E-state index in [-0.39, 0.29) is 11.9 Å². The smallest absolute Gasteiger partial charge is 0.123 e. The lowest BCUT2D eigenvalue weighted by atomic mass is 10.1. The molecule has 110 valence electrons. The van der Waals surface area contributed by atoms with Gasteiger partial charge in [-0.15, -0.1) is 0 Å². The van der Waals surface area contributed by atoms with Crippen molar-refractivity contribution in [2.75, 3.05) is 19.7 Å². The molecular weight excluding hydrogens is 265 g/mol. The van der Waals surface area contributed by atoms with E-state index in [0.717, 1.165) is 38.2 Å². The van der Waals surface area contributed by atoms with E-state index < -0.39 is 0 Å². The molecule has 1 fully saturated rings. The summed E-state index contributed by atoms with van der Waals surface area (Å²) < 4.78 is 19.1. The number of hydrogen-bond donors (Lipinski definition) is 0. The van der Waals surface area contributed by atoms with Gasteiger partial charge in [0.15, 0.2) is 0 Å². The Morgan fingerprint density at radius 2 is 1.86 bits per heavy atom. The first kappa shape index (κ1) is 14.2.